The molecular weight excluding hydrogens is 460 g/mol. The molecule has 0 saturated carbocycles. The Bertz CT molecular complexity index is 931. The Morgan fingerprint density at radius 1 is 1.04 bits per heavy atom. The second-order valence-electron chi connectivity index (χ2n) is 5.67. The Labute approximate surface area is 168 Å². The zero-order valence-electron chi connectivity index (χ0n) is 14.0. The van der Waals surface area contributed by atoms with Gasteiger partial charge in [-0.05, 0) is 48.4 Å². The molecule has 26 heavy (non-hydrogen) atoms. The highest BCUT2D eigenvalue weighted by Crippen LogP contribution is 2.12. The van der Waals surface area contributed by atoms with E-state index in [9.17, 15) is 4.79 Å². The van der Waals surface area contributed by atoms with Crippen LogP contribution in [-0.2, 0) is 6.54 Å². The first-order chi connectivity index (χ1) is 12.5. The van der Waals surface area contributed by atoms with Crippen LogP contribution in [0.3, 0.4) is 0 Å². The number of benzene rings is 2. The first-order valence-electron chi connectivity index (χ1n) is 7.90. The highest BCUT2D eigenvalue weighted by atomic mass is 79.9. The number of nitrogens with zero attached hydrogens (tertiary/aromatic N) is 3. The summed E-state index contributed by atoms with van der Waals surface area (Å²) in [6.07, 6.45) is 1.78. The lowest BCUT2D eigenvalue weighted by Crippen LogP contribution is -2.20. The number of hydrazone groups is 1. The van der Waals surface area contributed by atoms with E-state index in [2.05, 4.69) is 47.5 Å². The zero-order chi connectivity index (χ0) is 18.5. The van der Waals surface area contributed by atoms with E-state index in [4.69, 9.17) is 0 Å². The minimum absolute atomic E-state index is 0.328. The third-order valence-electron chi connectivity index (χ3n) is 3.72. The number of nitrogens with one attached hydrogen (secondary N) is 1. The van der Waals surface area contributed by atoms with Gasteiger partial charge in [0.1, 0.15) is 0 Å². The fraction of sp³-hybridized carbons (Fsp3) is 0.105. The van der Waals surface area contributed by atoms with Gasteiger partial charge >= 0.3 is 0 Å². The van der Waals surface area contributed by atoms with Crippen molar-refractivity contribution in [3.8, 4) is 0 Å². The summed E-state index contributed by atoms with van der Waals surface area (Å²) < 4.78 is 3.75. The van der Waals surface area contributed by atoms with Crippen LogP contribution in [0.4, 0.5) is 0 Å². The molecule has 0 spiro atoms. The number of carbonyl (C=O) groups excluding carboxylic acids is 1. The van der Waals surface area contributed by atoms with Crippen LogP contribution in [0.15, 0.2) is 74.8 Å². The Morgan fingerprint density at radius 3 is 2.31 bits per heavy atom. The molecule has 1 N–H and O–H groups in total. The molecule has 0 aliphatic carbocycles. The van der Waals surface area contributed by atoms with Crippen LogP contribution >= 0.6 is 31.9 Å². The van der Waals surface area contributed by atoms with Gasteiger partial charge < -0.3 is 0 Å². The maximum Gasteiger partial charge on any atom is 0.291 e. The van der Waals surface area contributed by atoms with Gasteiger partial charge in [0.15, 0.2) is 5.69 Å². The molecule has 0 atom stereocenters. The Balaban J connectivity index is 1.63. The first-order valence-corrected chi connectivity index (χ1v) is 9.48. The van der Waals surface area contributed by atoms with Gasteiger partial charge in [0.05, 0.1) is 12.3 Å². The SMILES string of the molecule is C/C(=N/NC(=O)c1ccn(Cc2ccc(Br)cc2)n1)c1ccc(Br)cc1. The average Bonchev–Trinajstić information content (AvgIpc) is 3.10. The lowest BCUT2D eigenvalue weighted by Gasteiger charge is -2.03. The third-order valence-corrected chi connectivity index (χ3v) is 4.78. The van der Waals surface area contributed by atoms with Crippen molar-refractivity contribution in [2.24, 2.45) is 5.10 Å². The van der Waals surface area contributed by atoms with Crippen molar-refractivity contribution in [3.05, 3.63) is 86.6 Å². The molecule has 7 heteroatoms. The van der Waals surface area contributed by atoms with Crippen molar-refractivity contribution in [2.75, 3.05) is 0 Å². The van der Waals surface area contributed by atoms with E-state index in [1.165, 1.54) is 0 Å². The van der Waals surface area contributed by atoms with Crippen LogP contribution in [0.1, 0.15) is 28.5 Å². The molecule has 132 valence electrons. The van der Waals surface area contributed by atoms with Crippen molar-refractivity contribution >= 4 is 43.5 Å². The van der Waals surface area contributed by atoms with E-state index in [0.717, 1.165) is 25.8 Å². The molecular formula is C19H16Br2N4O. The molecule has 3 aromatic rings. The molecule has 1 aromatic heterocycles. The maximum atomic E-state index is 12.2. The minimum atomic E-state index is -0.337. The molecule has 2 aromatic carbocycles. The minimum Gasteiger partial charge on any atom is -0.268 e. The summed E-state index contributed by atoms with van der Waals surface area (Å²) in [7, 11) is 0. The van der Waals surface area contributed by atoms with E-state index in [1.54, 1.807) is 16.9 Å². The monoisotopic (exact) mass is 474 g/mol. The number of hydrogen-bond donors (Lipinski definition) is 1. The van der Waals surface area contributed by atoms with Gasteiger partial charge in [-0.3, -0.25) is 9.48 Å². The predicted molar refractivity (Wildman–Crippen MR) is 109 cm³/mol. The lowest BCUT2D eigenvalue weighted by atomic mass is 10.1. The first kappa shape index (κ1) is 18.5. The molecule has 0 unspecified atom stereocenters. The van der Waals surface area contributed by atoms with Crippen LogP contribution < -0.4 is 5.43 Å². The number of amides is 1. The molecule has 0 bridgehead atoms. The summed E-state index contributed by atoms with van der Waals surface area (Å²) in [5, 5.41) is 8.46. The van der Waals surface area contributed by atoms with E-state index < -0.39 is 0 Å². The zero-order valence-corrected chi connectivity index (χ0v) is 17.2. The number of aromatic nitrogens is 2. The molecule has 0 radical (unpaired) electrons. The van der Waals surface area contributed by atoms with Crippen LogP contribution in [-0.4, -0.2) is 21.4 Å². The van der Waals surface area contributed by atoms with Gasteiger partial charge in [0.25, 0.3) is 5.91 Å². The van der Waals surface area contributed by atoms with Crippen LogP contribution in [0, 0.1) is 0 Å². The molecule has 3 rings (SSSR count). The molecule has 0 aliphatic rings. The molecule has 0 fully saturated rings. The molecule has 5 nitrogen and oxygen atoms in total. The van der Waals surface area contributed by atoms with Crippen molar-refractivity contribution in [3.63, 3.8) is 0 Å². The molecule has 0 aliphatic heterocycles. The van der Waals surface area contributed by atoms with Gasteiger partial charge in [0, 0.05) is 15.1 Å². The van der Waals surface area contributed by atoms with Crippen molar-refractivity contribution in [2.45, 2.75) is 13.5 Å². The number of carbonyl (C=O) groups is 1. The fourth-order valence-electron chi connectivity index (χ4n) is 2.30. The van der Waals surface area contributed by atoms with Crippen LogP contribution in [0.2, 0.25) is 0 Å². The quantitative estimate of drug-likeness (QED) is 0.432. The van der Waals surface area contributed by atoms with Crippen LogP contribution in [0.5, 0.6) is 0 Å². The molecule has 1 amide bonds. The van der Waals surface area contributed by atoms with Gasteiger partial charge in [-0.1, -0.05) is 56.1 Å². The van der Waals surface area contributed by atoms with Crippen molar-refractivity contribution in [1.82, 2.24) is 15.2 Å². The normalized spacial score (nSPS) is 11.4. The van der Waals surface area contributed by atoms with Gasteiger partial charge in [0.2, 0.25) is 0 Å². The predicted octanol–water partition coefficient (Wildman–Crippen LogP) is 4.61. The fourth-order valence-corrected chi connectivity index (χ4v) is 2.82. The standard InChI is InChI=1S/C19H16Br2N4O/c1-13(15-4-8-17(21)9-5-15)22-23-19(26)18-10-11-25(24-18)12-14-2-6-16(20)7-3-14/h2-11H,12H2,1H3,(H,23,26)/b22-13-. The summed E-state index contributed by atoms with van der Waals surface area (Å²) >= 11 is 6.81. The number of hydrogen-bond acceptors (Lipinski definition) is 3. The summed E-state index contributed by atoms with van der Waals surface area (Å²) in [5.74, 6) is -0.337. The molecule has 0 saturated heterocycles. The van der Waals surface area contributed by atoms with E-state index in [1.807, 2.05) is 55.5 Å². The topological polar surface area (TPSA) is 59.3 Å². The Hall–Kier alpha value is -2.25. The van der Waals surface area contributed by atoms with E-state index in [0.29, 0.717) is 12.2 Å². The van der Waals surface area contributed by atoms with Crippen molar-refractivity contribution < 1.29 is 4.79 Å². The van der Waals surface area contributed by atoms with E-state index >= 15 is 0 Å². The Kier molecular flexibility index (Phi) is 6.00. The second-order valence-corrected chi connectivity index (χ2v) is 7.50. The summed E-state index contributed by atoms with van der Waals surface area (Å²) in [4.78, 5) is 12.2. The highest BCUT2D eigenvalue weighted by molar-refractivity contribution is 9.10. The Morgan fingerprint density at radius 2 is 1.65 bits per heavy atom. The van der Waals surface area contributed by atoms with Gasteiger partial charge in [-0.25, -0.2) is 5.43 Å². The smallest absolute Gasteiger partial charge is 0.268 e. The van der Waals surface area contributed by atoms with Gasteiger partial charge in [-0.15, -0.1) is 0 Å². The lowest BCUT2D eigenvalue weighted by molar-refractivity contribution is 0.0949. The third kappa shape index (κ3) is 4.89. The number of halogens is 2. The summed E-state index contributed by atoms with van der Waals surface area (Å²) in [5.41, 5.74) is 5.65. The summed E-state index contributed by atoms with van der Waals surface area (Å²) in [6.45, 7) is 2.44. The van der Waals surface area contributed by atoms with Crippen molar-refractivity contribution in [1.29, 1.82) is 0 Å². The second kappa shape index (κ2) is 8.42. The highest BCUT2D eigenvalue weighted by Gasteiger charge is 2.09. The van der Waals surface area contributed by atoms with E-state index in [-0.39, 0.29) is 5.91 Å². The maximum absolute atomic E-state index is 12.2. The number of rotatable bonds is 5. The van der Waals surface area contributed by atoms with Crippen LogP contribution in [0.25, 0.3) is 0 Å². The average molecular weight is 476 g/mol. The molecule has 1 heterocycles. The largest absolute Gasteiger partial charge is 0.291 e. The summed E-state index contributed by atoms with van der Waals surface area (Å²) in [6, 6.07) is 17.4. The van der Waals surface area contributed by atoms with Gasteiger partial charge in [-0.2, -0.15) is 10.2 Å².